The van der Waals surface area contributed by atoms with Crippen LogP contribution in [-0.2, 0) is 4.57 Å². The fourth-order valence-electron chi connectivity index (χ4n) is 0.835. The average Bonchev–Trinajstić information content (AvgIpc) is 2.14. The third kappa shape index (κ3) is 4.05. The Morgan fingerprint density at radius 2 is 2.07 bits per heavy atom. The van der Waals surface area contributed by atoms with Crippen molar-refractivity contribution in [2.75, 3.05) is 5.43 Å². The van der Waals surface area contributed by atoms with Gasteiger partial charge in [0, 0.05) is 12.1 Å². The molecular weight excluding hydrogens is 225 g/mol. The van der Waals surface area contributed by atoms with Crippen LogP contribution in [0, 0.1) is 10.1 Å². The molecule has 0 bridgehead atoms. The average molecular weight is 233 g/mol. The van der Waals surface area contributed by atoms with Crippen molar-refractivity contribution in [3.63, 3.8) is 0 Å². The third-order valence-corrected chi connectivity index (χ3v) is 1.81. The second kappa shape index (κ2) is 4.37. The summed E-state index contributed by atoms with van der Waals surface area (Å²) in [6.45, 7) is 0. The van der Waals surface area contributed by atoms with Crippen LogP contribution in [-0.4, -0.2) is 14.7 Å². The van der Waals surface area contributed by atoms with E-state index in [4.69, 9.17) is 9.79 Å². The number of anilines is 1. The smallest absolute Gasteiger partial charge is 0.312 e. The third-order valence-electron chi connectivity index (χ3n) is 1.40. The normalized spacial score (nSPS) is 11.1. The first-order valence-electron chi connectivity index (χ1n) is 3.72. The molecule has 15 heavy (non-hydrogen) atoms. The topological polar surface area (TPSA) is 125 Å². The molecule has 9 heteroatoms. The Kier molecular flexibility index (Phi) is 3.38. The minimum Gasteiger partial charge on any atom is -0.312 e. The van der Waals surface area contributed by atoms with E-state index in [2.05, 4.69) is 5.43 Å². The molecular formula is C6H8N3O5P. The van der Waals surface area contributed by atoms with E-state index in [1.807, 2.05) is 0 Å². The maximum absolute atomic E-state index is 10.4. The molecule has 0 aliphatic carbocycles. The number of hydrazine groups is 1. The van der Waals surface area contributed by atoms with Crippen molar-refractivity contribution in [1.29, 1.82) is 0 Å². The van der Waals surface area contributed by atoms with Crippen LogP contribution < -0.4 is 10.6 Å². The predicted octanol–water partition coefficient (Wildman–Crippen LogP) is 0.604. The van der Waals surface area contributed by atoms with E-state index in [1.165, 1.54) is 18.2 Å². The number of non-ortho nitro benzene ring substituents is 1. The van der Waals surface area contributed by atoms with E-state index in [0.29, 0.717) is 0 Å². The Morgan fingerprint density at radius 3 is 2.60 bits per heavy atom. The first-order chi connectivity index (χ1) is 6.88. The summed E-state index contributed by atoms with van der Waals surface area (Å²) in [5, 5.41) is 12.1. The molecule has 0 heterocycles. The number of nitro groups is 1. The van der Waals surface area contributed by atoms with Gasteiger partial charge in [-0.15, -0.1) is 5.20 Å². The molecule has 0 spiro atoms. The van der Waals surface area contributed by atoms with Gasteiger partial charge in [-0.1, -0.05) is 6.07 Å². The van der Waals surface area contributed by atoms with Crippen molar-refractivity contribution in [2.24, 2.45) is 0 Å². The maximum Gasteiger partial charge on any atom is 0.417 e. The van der Waals surface area contributed by atoms with Crippen LogP contribution in [0.2, 0.25) is 0 Å². The zero-order chi connectivity index (χ0) is 11.5. The summed E-state index contributed by atoms with van der Waals surface area (Å²) < 4.78 is 10.4. The van der Waals surface area contributed by atoms with Crippen molar-refractivity contribution in [3.8, 4) is 0 Å². The largest absolute Gasteiger partial charge is 0.417 e. The summed E-state index contributed by atoms with van der Waals surface area (Å²) in [6.07, 6.45) is 0. The van der Waals surface area contributed by atoms with Crippen molar-refractivity contribution in [1.82, 2.24) is 5.20 Å². The molecule has 0 radical (unpaired) electrons. The summed E-state index contributed by atoms with van der Waals surface area (Å²) in [5.41, 5.74) is 2.18. The number of nitro benzene ring substituents is 1. The minimum absolute atomic E-state index is 0.174. The summed E-state index contributed by atoms with van der Waals surface area (Å²) >= 11 is 0. The standard InChI is InChI=1S/C6H8N3O5P/c10-9(11)6-3-1-2-5(4-6)7-8-15(12,13)14/h1-4,7H,(H3,8,12,13,14). The molecule has 1 rings (SSSR count). The molecule has 0 unspecified atom stereocenters. The molecule has 1 aromatic carbocycles. The number of hydrogen-bond acceptors (Lipinski definition) is 4. The lowest BCUT2D eigenvalue weighted by Gasteiger charge is -2.08. The van der Waals surface area contributed by atoms with Gasteiger partial charge in [0.05, 0.1) is 10.6 Å². The van der Waals surface area contributed by atoms with Crippen LogP contribution in [0.3, 0.4) is 0 Å². The molecule has 8 nitrogen and oxygen atoms in total. The monoisotopic (exact) mass is 233 g/mol. The lowest BCUT2D eigenvalue weighted by Crippen LogP contribution is -2.17. The molecule has 0 aliphatic rings. The highest BCUT2D eigenvalue weighted by molar-refractivity contribution is 7.49. The number of benzene rings is 1. The molecule has 0 saturated carbocycles. The molecule has 0 aliphatic heterocycles. The first-order valence-corrected chi connectivity index (χ1v) is 5.33. The predicted molar refractivity (Wildman–Crippen MR) is 51.9 cm³/mol. The summed E-state index contributed by atoms with van der Waals surface area (Å²) in [5.74, 6) is 0. The molecule has 0 fully saturated rings. The lowest BCUT2D eigenvalue weighted by atomic mass is 10.3. The highest BCUT2D eigenvalue weighted by Crippen LogP contribution is 2.28. The number of nitrogens with one attached hydrogen (secondary N) is 2. The van der Waals surface area contributed by atoms with E-state index in [1.54, 1.807) is 5.20 Å². The molecule has 0 atom stereocenters. The number of hydrogen-bond donors (Lipinski definition) is 4. The van der Waals surface area contributed by atoms with E-state index in [0.717, 1.165) is 6.07 Å². The van der Waals surface area contributed by atoms with Gasteiger partial charge in [-0.05, 0) is 6.07 Å². The molecule has 0 saturated heterocycles. The van der Waals surface area contributed by atoms with Crippen LogP contribution >= 0.6 is 7.75 Å². The highest BCUT2D eigenvalue weighted by Gasteiger charge is 2.12. The van der Waals surface area contributed by atoms with Crippen molar-refractivity contribution in [2.45, 2.75) is 0 Å². The van der Waals surface area contributed by atoms with E-state index < -0.39 is 12.7 Å². The van der Waals surface area contributed by atoms with Gasteiger partial charge in [-0.25, -0.2) is 4.57 Å². The van der Waals surface area contributed by atoms with Gasteiger partial charge in [0.15, 0.2) is 0 Å². The van der Waals surface area contributed by atoms with Gasteiger partial charge in [0.25, 0.3) is 5.69 Å². The lowest BCUT2D eigenvalue weighted by molar-refractivity contribution is -0.384. The summed E-state index contributed by atoms with van der Waals surface area (Å²) in [7, 11) is -4.40. The van der Waals surface area contributed by atoms with Gasteiger partial charge < -0.3 is 15.2 Å². The zero-order valence-corrected chi connectivity index (χ0v) is 8.22. The summed E-state index contributed by atoms with van der Waals surface area (Å²) in [4.78, 5) is 26.7. The Hall–Kier alpha value is -1.47. The van der Waals surface area contributed by atoms with E-state index in [-0.39, 0.29) is 11.4 Å². The van der Waals surface area contributed by atoms with Gasteiger partial charge in [0.2, 0.25) is 0 Å². The van der Waals surface area contributed by atoms with Gasteiger partial charge in [0.1, 0.15) is 0 Å². The van der Waals surface area contributed by atoms with Crippen molar-refractivity contribution < 1.29 is 19.3 Å². The van der Waals surface area contributed by atoms with Crippen LogP contribution in [0.1, 0.15) is 0 Å². The number of nitrogens with zero attached hydrogens (tertiary/aromatic N) is 1. The van der Waals surface area contributed by atoms with E-state index in [9.17, 15) is 14.7 Å². The molecule has 0 amide bonds. The fourth-order valence-corrected chi connectivity index (χ4v) is 1.11. The minimum atomic E-state index is -4.40. The SMILES string of the molecule is O=[N+]([O-])c1cccc(NNP(=O)(O)O)c1. The van der Waals surface area contributed by atoms with Crippen LogP contribution in [0.15, 0.2) is 24.3 Å². The van der Waals surface area contributed by atoms with Crippen molar-refractivity contribution >= 4 is 19.1 Å². The van der Waals surface area contributed by atoms with Gasteiger partial charge >= 0.3 is 7.75 Å². The molecule has 1 aromatic rings. The Balaban J connectivity index is 2.74. The first kappa shape index (κ1) is 11.6. The Labute approximate surface area is 84.3 Å². The van der Waals surface area contributed by atoms with Crippen molar-refractivity contribution in [3.05, 3.63) is 34.4 Å². The van der Waals surface area contributed by atoms with Gasteiger partial charge in [-0.2, -0.15) is 0 Å². The second-order valence-electron chi connectivity index (χ2n) is 2.59. The fraction of sp³-hybridized carbons (Fsp3) is 0. The number of rotatable bonds is 4. The zero-order valence-electron chi connectivity index (χ0n) is 7.32. The maximum atomic E-state index is 10.4. The van der Waals surface area contributed by atoms with Gasteiger partial charge in [-0.3, -0.25) is 10.1 Å². The van der Waals surface area contributed by atoms with Crippen LogP contribution in [0.25, 0.3) is 0 Å². The molecule has 4 N–H and O–H groups in total. The highest BCUT2D eigenvalue weighted by atomic mass is 31.2. The van der Waals surface area contributed by atoms with Crippen LogP contribution in [0.4, 0.5) is 11.4 Å². The second-order valence-corrected chi connectivity index (χ2v) is 3.90. The summed E-state index contributed by atoms with van der Waals surface area (Å²) in [6, 6.07) is 5.23. The van der Waals surface area contributed by atoms with E-state index >= 15 is 0 Å². The molecule has 82 valence electrons. The Bertz CT molecular complexity index is 417. The quantitative estimate of drug-likeness (QED) is 0.341. The van der Waals surface area contributed by atoms with Crippen LogP contribution in [0.5, 0.6) is 0 Å². The Morgan fingerprint density at radius 1 is 1.40 bits per heavy atom. The molecule has 0 aromatic heterocycles.